The summed E-state index contributed by atoms with van der Waals surface area (Å²) in [6, 6.07) is 8.42. The fraction of sp³-hybridized carbons (Fsp3) is 0.750. The molecule has 1 rings (SSSR count). The summed E-state index contributed by atoms with van der Waals surface area (Å²) in [5.74, 6) is 0.983. The molecule has 0 saturated heterocycles. The number of rotatable bonds is 16. The number of hydrogen-bond acceptors (Lipinski definition) is 2. The maximum Gasteiger partial charge on any atom is 0.398 e. The van der Waals surface area contributed by atoms with E-state index < -0.39 is 8.56 Å². The summed E-state index contributed by atoms with van der Waals surface area (Å²) in [7, 11) is -2.12. The van der Waals surface area contributed by atoms with E-state index in [0.29, 0.717) is 0 Å². The molecule has 0 radical (unpaired) electrons. The van der Waals surface area contributed by atoms with Gasteiger partial charge in [0, 0.05) is 6.61 Å². The first-order valence-corrected chi connectivity index (χ1v) is 13.7. The Hall–Kier alpha value is -0.803. The van der Waals surface area contributed by atoms with Gasteiger partial charge in [-0.05, 0) is 55.6 Å². The van der Waals surface area contributed by atoms with Gasteiger partial charge >= 0.3 is 8.56 Å². The third kappa shape index (κ3) is 9.80. The summed E-state index contributed by atoms with van der Waals surface area (Å²) in [4.78, 5) is 0. The number of benzene rings is 1. The SMILES string of the molecule is CCCCCCCCCCCCO[Si](CC)(CC)Oc1ccc(C)c(C)c1. The molecule has 0 spiro atoms. The Labute approximate surface area is 170 Å². The molecule has 0 aliphatic rings. The molecule has 0 bridgehead atoms. The molecule has 2 nitrogen and oxygen atoms in total. The van der Waals surface area contributed by atoms with Crippen LogP contribution in [0.25, 0.3) is 0 Å². The molecule has 1 aromatic carbocycles. The van der Waals surface area contributed by atoms with Crippen LogP contribution in [0.15, 0.2) is 18.2 Å². The Morgan fingerprint density at radius 3 is 1.78 bits per heavy atom. The highest BCUT2D eigenvalue weighted by atomic mass is 28.4. The van der Waals surface area contributed by atoms with Gasteiger partial charge in [0.2, 0.25) is 0 Å². The van der Waals surface area contributed by atoms with Gasteiger partial charge in [0.1, 0.15) is 5.75 Å². The predicted octanol–water partition coefficient (Wildman–Crippen LogP) is 8.10. The third-order valence-electron chi connectivity index (χ3n) is 5.72. The van der Waals surface area contributed by atoms with Gasteiger partial charge in [0.25, 0.3) is 0 Å². The Morgan fingerprint density at radius 1 is 0.704 bits per heavy atom. The summed E-state index contributed by atoms with van der Waals surface area (Å²) in [6.07, 6.45) is 13.6. The van der Waals surface area contributed by atoms with Gasteiger partial charge in [-0.3, -0.25) is 0 Å². The summed E-state index contributed by atoms with van der Waals surface area (Å²) in [5.41, 5.74) is 2.60. The number of unbranched alkanes of at least 4 members (excludes halogenated alkanes) is 9. The van der Waals surface area contributed by atoms with E-state index in [4.69, 9.17) is 8.85 Å². The average Bonchev–Trinajstić information content (AvgIpc) is 2.68. The van der Waals surface area contributed by atoms with E-state index >= 15 is 0 Å². The highest BCUT2D eigenvalue weighted by Crippen LogP contribution is 2.25. The Morgan fingerprint density at radius 2 is 1.26 bits per heavy atom. The molecule has 156 valence electrons. The van der Waals surface area contributed by atoms with Crippen LogP contribution in [-0.2, 0) is 4.43 Å². The molecular weight excluding hydrogens is 348 g/mol. The highest BCUT2D eigenvalue weighted by Gasteiger charge is 2.35. The lowest BCUT2D eigenvalue weighted by Crippen LogP contribution is -2.44. The van der Waals surface area contributed by atoms with Crippen molar-refractivity contribution in [3.63, 3.8) is 0 Å². The van der Waals surface area contributed by atoms with Crippen LogP contribution in [0.1, 0.15) is 96.1 Å². The molecule has 3 heteroatoms. The minimum absolute atomic E-state index is 0.856. The second-order valence-electron chi connectivity index (χ2n) is 8.00. The van der Waals surface area contributed by atoms with E-state index in [2.05, 4.69) is 52.8 Å². The molecule has 0 unspecified atom stereocenters. The second-order valence-corrected chi connectivity index (χ2v) is 11.7. The minimum atomic E-state index is -2.12. The van der Waals surface area contributed by atoms with Crippen molar-refractivity contribution >= 4 is 8.56 Å². The third-order valence-corrected chi connectivity index (χ3v) is 9.22. The minimum Gasteiger partial charge on any atom is -0.520 e. The zero-order chi connectivity index (χ0) is 20.0. The van der Waals surface area contributed by atoms with Gasteiger partial charge in [0.05, 0.1) is 0 Å². The Kier molecular flexibility index (Phi) is 12.8. The van der Waals surface area contributed by atoms with Crippen molar-refractivity contribution in [2.75, 3.05) is 6.61 Å². The van der Waals surface area contributed by atoms with Gasteiger partial charge in [-0.15, -0.1) is 0 Å². The van der Waals surface area contributed by atoms with E-state index in [-0.39, 0.29) is 0 Å². The number of aryl methyl sites for hydroxylation is 2. The molecule has 0 N–H and O–H groups in total. The average molecular weight is 393 g/mol. The van der Waals surface area contributed by atoms with Crippen LogP contribution >= 0.6 is 0 Å². The van der Waals surface area contributed by atoms with Crippen molar-refractivity contribution in [2.24, 2.45) is 0 Å². The quantitative estimate of drug-likeness (QED) is 0.209. The van der Waals surface area contributed by atoms with Crippen molar-refractivity contribution in [1.82, 2.24) is 0 Å². The van der Waals surface area contributed by atoms with Crippen LogP contribution < -0.4 is 4.43 Å². The summed E-state index contributed by atoms with van der Waals surface area (Å²) < 4.78 is 12.8. The van der Waals surface area contributed by atoms with E-state index in [1.165, 1.54) is 75.3 Å². The molecular formula is C24H44O2Si. The maximum absolute atomic E-state index is 6.44. The zero-order valence-corrected chi connectivity index (χ0v) is 19.7. The Balaban J connectivity index is 2.25. The largest absolute Gasteiger partial charge is 0.520 e. The first-order chi connectivity index (χ1) is 13.1. The highest BCUT2D eigenvalue weighted by molar-refractivity contribution is 6.68. The molecule has 0 aromatic heterocycles. The first-order valence-electron chi connectivity index (χ1n) is 11.5. The summed E-state index contributed by atoms with van der Waals surface area (Å²) in [6.45, 7) is 11.9. The van der Waals surface area contributed by atoms with Crippen molar-refractivity contribution in [3.8, 4) is 5.75 Å². The molecule has 0 atom stereocenters. The first kappa shape index (κ1) is 24.2. The van der Waals surface area contributed by atoms with Gasteiger partial charge in [0.15, 0.2) is 0 Å². The lowest BCUT2D eigenvalue weighted by Gasteiger charge is -2.29. The fourth-order valence-electron chi connectivity index (χ4n) is 3.47. The van der Waals surface area contributed by atoms with E-state index in [9.17, 15) is 0 Å². The van der Waals surface area contributed by atoms with Gasteiger partial charge in [-0.1, -0.05) is 84.6 Å². The van der Waals surface area contributed by atoms with Crippen LogP contribution in [0.5, 0.6) is 5.75 Å². The lowest BCUT2D eigenvalue weighted by molar-refractivity contribution is 0.230. The van der Waals surface area contributed by atoms with Gasteiger partial charge in [-0.2, -0.15) is 0 Å². The predicted molar refractivity (Wildman–Crippen MR) is 121 cm³/mol. The van der Waals surface area contributed by atoms with Crippen molar-refractivity contribution in [3.05, 3.63) is 29.3 Å². The van der Waals surface area contributed by atoms with E-state index in [0.717, 1.165) is 24.4 Å². The zero-order valence-electron chi connectivity index (χ0n) is 18.7. The maximum atomic E-state index is 6.44. The molecule has 0 amide bonds. The standard InChI is InChI=1S/C24H44O2Si/c1-6-9-10-11-12-13-14-15-16-17-20-25-27(7-2,8-3)26-24-19-18-22(4)23(5)21-24/h18-19,21H,6-17,20H2,1-5H3. The summed E-state index contributed by atoms with van der Waals surface area (Å²) >= 11 is 0. The van der Waals surface area contributed by atoms with Crippen LogP contribution in [0.4, 0.5) is 0 Å². The summed E-state index contributed by atoms with van der Waals surface area (Å²) in [5, 5.41) is 0. The fourth-order valence-corrected chi connectivity index (χ4v) is 5.80. The van der Waals surface area contributed by atoms with Gasteiger partial charge in [-0.25, -0.2) is 0 Å². The topological polar surface area (TPSA) is 18.5 Å². The smallest absolute Gasteiger partial charge is 0.398 e. The molecule has 27 heavy (non-hydrogen) atoms. The molecule has 0 aliphatic carbocycles. The van der Waals surface area contributed by atoms with Crippen molar-refractivity contribution < 1.29 is 8.85 Å². The number of hydrogen-bond donors (Lipinski definition) is 0. The normalized spacial score (nSPS) is 11.7. The molecule has 1 aromatic rings. The van der Waals surface area contributed by atoms with Crippen LogP contribution in [0.3, 0.4) is 0 Å². The van der Waals surface area contributed by atoms with Crippen LogP contribution in [-0.4, -0.2) is 15.2 Å². The van der Waals surface area contributed by atoms with Crippen molar-refractivity contribution in [2.45, 2.75) is 111 Å². The second kappa shape index (κ2) is 14.2. The van der Waals surface area contributed by atoms with E-state index in [1.807, 2.05) is 0 Å². The van der Waals surface area contributed by atoms with Crippen molar-refractivity contribution in [1.29, 1.82) is 0 Å². The van der Waals surface area contributed by atoms with Crippen LogP contribution in [0.2, 0.25) is 12.1 Å². The molecule has 0 aliphatic heterocycles. The molecule has 0 saturated carbocycles. The van der Waals surface area contributed by atoms with E-state index in [1.54, 1.807) is 0 Å². The Bertz CT molecular complexity index is 497. The molecule has 0 heterocycles. The lowest BCUT2D eigenvalue weighted by atomic mass is 10.1. The molecule has 0 fully saturated rings. The van der Waals surface area contributed by atoms with Gasteiger partial charge < -0.3 is 8.85 Å². The van der Waals surface area contributed by atoms with Crippen LogP contribution in [0, 0.1) is 13.8 Å². The monoisotopic (exact) mass is 392 g/mol.